The van der Waals surface area contributed by atoms with Crippen LogP contribution < -0.4 is 5.32 Å². The summed E-state index contributed by atoms with van der Waals surface area (Å²) < 4.78 is 5.33. The van der Waals surface area contributed by atoms with E-state index in [1.807, 2.05) is 44.2 Å². The van der Waals surface area contributed by atoms with Gasteiger partial charge in [0.2, 0.25) is 0 Å². The van der Waals surface area contributed by atoms with Crippen LogP contribution in [0.4, 0.5) is 0 Å². The van der Waals surface area contributed by atoms with Crippen LogP contribution in [-0.4, -0.2) is 55.2 Å². The van der Waals surface area contributed by atoms with Gasteiger partial charge in [-0.05, 0) is 37.6 Å². The summed E-state index contributed by atoms with van der Waals surface area (Å²) >= 11 is 0. The summed E-state index contributed by atoms with van der Waals surface area (Å²) in [5, 5.41) is 3.01. The summed E-state index contributed by atoms with van der Waals surface area (Å²) in [6.07, 6.45) is 0. The molecule has 1 saturated heterocycles. The van der Waals surface area contributed by atoms with Gasteiger partial charge in [0.15, 0.2) is 0 Å². The molecule has 1 amide bonds. The van der Waals surface area contributed by atoms with E-state index in [1.165, 1.54) is 0 Å². The highest BCUT2D eigenvalue weighted by atomic mass is 16.5. The number of rotatable bonds is 5. The molecule has 25 heavy (non-hydrogen) atoms. The molecule has 5 nitrogen and oxygen atoms in total. The van der Waals surface area contributed by atoms with Crippen molar-refractivity contribution in [2.75, 3.05) is 39.4 Å². The van der Waals surface area contributed by atoms with Crippen LogP contribution in [0.5, 0.6) is 0 Å². The normalized spacial score (nSPS) is 15.1. The molecular weight excluding hydrogens is 314 g/mol. The quantitative estimate of drug-likeness (QED) is 0.909. The third kappa shape index (κ3) is 4.65. The van der Waals surface area contributed by atoms with Gasteiger partial charge in [-0.25, -0.2) is 0 Å². The minimum atomic E-state index is -0.0344. The summed E-state index contributed by atoms with van der Waals surface area (Å²) in [6, 6.07) is 11.8. The maximum atomic E-state index is 12.4. The zero-order valence-electron chi connectivity index (χ0n) is 14.9. The number of nitrogens with one attached hydrogen (secondary N) is 1. The molecular formula is C20H25N3O2. The second-order valence-corrected chi connectivity index (χ2v) is 6.38. The Balaban J connectivity index is 1.63. The fourth-order valence-electron chi connectivity index (χ4n) is 3.07. The number of carbonyl (C=O) groups is 1. The van der Waals surface area contributed by atoms with Crippen molar-refractivity contribution in [3.63, 3.8) is 0 Å². The Kier molecular flexibility index (Phi) is 5.79. The topological polar surface area (TPSA) is 54.5 Å². The van der Waals surface area contributed by atoms with Crippen molar-refractivity contribution in [3.05, 3.63) is 53.3 Å². The number of amides is 1. The van der Waals surface area contributed by atoms with E-state index in [2.05, 4.69) is 21.3 Å². The molecule has 2 heterocycles. The molecule has 1 aliphatic heterocycles. The Morgan fingerprint density at radius 3 is 2.76 bits per heavy atom. The van der Waals surface area contributed by atoms with E-state index < -0.39 is 0 Å². The summed E-state index contributed by atoms with van der Waals surface area (Å²) in [4.78, 5) is 19.3. The first-order chi connectivity index (χ1) is 12.1. The molecule has 2 aromatic rings. The fourth-order valence-corrected chi connectivity index (χ4v) is 3.07. The fraction of sp³-hybridized carbons (Fsp3) is 0.400. The van der Waals surface area contributed by atoms with E-state index in [0.29, 0.717) is 12.1 Å². The van der Waals surface area contributed by atoms with Crippen LogP contribution in [0.15, 0.2) is 36.4 Å². The maximum Gasteiger partial charge on any atom is 0.251 e. The number of pyridine rings is 1. The Hall–Kier alpha value is -2.24. The van der Waals surface area contributed by atoms with Gasteiger partial charge >= 0.3 is 0 Å². The molecule has 3 rings (SSSR count). The van der Waals surface area contributed by atoms with E-state index in [1.54, 1.807) is 0 Å². The van der Waals surface area contributed by atoms with Crippen LogP contribution in [0.1, 0.15) is 21.7 Å². The zero-order valence-corrected chi connectivity index (χ0v) is 14.9. The van der Waals surface area contributed by atoms with E-state index in [4.69, 9.17) is 4.74 Å². The lowest BCUT2D eigenvalue weighted by atomic mass is 10.0. The number of morpholine rings is 1. The van der Waals surface area contributed by atoms with Crippen LogP contribution in [0.25, 0.3) is 11.1 Å². The molecule has 0 spiro atoms. The lowest BCUT2D eigenvalue weighted by Crippen LogP contribution is -2.41. The average molecular weight is 339 g/mol. The first kappa shape index (κ1) is 17.6. The van der Waals surface area contributed by atoms with Gasteiger partial charge in [0.1, 0.15) is 0 Å². The molecule has 1 N–H and O–H groups in total. The molecule has 0 unspecified atom stereocenters. The predicted molar refractivity (Wildman–Crippen MR) is 98.7 cm³/mol. The summed E-state index contributed by atoms with van der Waals surface area (Å²) in [6.45, 7) is 8.91. The van der Waals surface area contributed by atoms with Crippen molar-refractivity contribution in [2.45, 2.75) is 13.8 Å². The van der Waals surface area contributed by atoms with Crippen molar-refractivity contribution < 1.29 is 9.53 Å². The smallest absolute Gasteiger partial charge is 0.251 e. The monoisotopic (exact) mass is 339 g/mol. The predicted octanol–water partition coefficient (Wildman–Crippen LogP) is 2.43. The van der Waals surface area contributed by atoms with Crippen LogP contribution in [0.2, 0.25) is 0 Å². The molecule has 1 aromatic carbocycles. The molecule has 1 aromatic heterocycles. The van der Waals surface area contributed by atoms with Crippen LogP contribution in [-0.2, 0) is 4.74 Å². The van der Waals surface area contributed by atoms with Gasteiger partial charge in [0.25, 0.3) is 5.91 Å². The van der Waals surface area contributed by atoms with E-state index in [9.17, 15) is 4.79 Å². The highest BCUT2D eigenvalue weighted by Crippen LogP contribution is 2.23. The molecule has 0 radical (unpaired) electrons. The SMILES string of the molecule is Cc1ccc(-c2cccc(C(=O)NCCN3CCOCC3)c2)c(C)n1. The van der Waals surface area contributed by atoms with Gasteiger partial charge in [-0.3, -0.25) is 14.7 Å². The lowest BCUT2D eigenvalue weighted by molar-refractivity contribution is 0.0383. The van der Waals surface area contributed by atoms with Crippen molar-refractivity contribution >= 4 is 5.91 Å². The van der Waals surface area contributed by atoms with Gasteiger partial charge in [0.05, 0.1) is 13.2 Å². The van der Waals surface area contributed by atoms with Gasteiger partial charge < -0.3 is 10.1 Å². The first-order valence-corrected chi connectivity index (χ1v) is 8.76. The number of nitrogens with zero attached hydrogens (tertiary/aromatic N) is 2. The van der Waals surface area contributed by atoms with Crippen LogP contribution in [0.3, 0.4) is 0 Å². The zero-order chi connectivity index (χ0) is 17.6. The number of hydrogen-bond donors (Lipinski definition) is 1. The van der Waals surface area contributed by atoms with Crippen molar-refractivity contribution in [1.82, 2.24) is 15.2 Å². The first-order valence-electron chi connectivity index (χ1n) is 8.76. The Bertz CT molecular complexity index is 739. The van der Waals surface area contributed by atoms with Crippen molar-refractivity contribution in [3.8, 4) is 11.1 Å². The second-order valence-electron chi connectivity index (χ2n) is 6.38. The van der Waals surface area contributed by atoms with Crippen LogP contribution >= 0.6 is 0 Å². The van der Waals surface area contributed by atoms with Crippen molar-refractivity contribution in [1.29, 1.82) is 0 Å². The number of carbonyl (C=O) groups excluding carboxylic acids is 1. The van der Waals surface area contributed by atoms with Gasteiger partial charge in [0, 0.05) is 48.7 Å². The summed E-state index contributed by atoms with van der Waals surface area (Å²) in [5.74, 6) is -0.0344. The number of hydrogen-bond acceptors (Lipinski definition) is 4. The largest absolute Gasteiger partial charge is 0.379 e. The third-order valence-electron chi connectivity index (χ3n) is 4.48. The Morgan fingerprint density at radius 1 is 1.20 bits per heavy atom. The van der Waals surface area contributed by atoms with E-state index in [0.717, 1.165) is 55.4 Å². The van der Waals surface area contributed by atoms with Gasteiger partial charge in [-0.15, -0.1) is 0 Å². The molecule has 132 valence electrons. The molecule has 0 saturated carbocycles. The number of benzene rings is 1. The Morgan fingerprint density at radius 2 is 2.00 bits per heavy atom. The highest BCUT2D eigenvalue weighted by Gasteiger charge is 2.12. The third-order valence-corrected chi connectivity index (χ3v) is 4.48. The highest BCUT2D eigenvalue weighted by molar-refractivity contribution is 5.95. The minimum Gasteiger partial charge on any atom is -0.379 e. The molecule has 0 bridgehead atoms. The van der Waals surface area contributed by atoms with Crippen LogP contribution in [0, 0.1) is 13.8 Å². The molecule has 1 fully saturated rings. The lowest BCUT2D eigenvalue weighted by Gasteiger charge is -2.26. The maximum absolute atomic E-state index is 12.4. The van der Waals surface area contributed by atoms with E-state index in [-0.39, 0.29) is 5.91 Å². The van der Waals surface area contributed by atoms with E-state index >= 15 is 0 Å². The second kappa shape index (κ2) is 8.23. The Labute approximate surface area is 149 Å². The number of ether oxygens (including phenoxy) is 1. The number of aryl methyl sites for hydroxylation is 2. The minimum absolute atomic E-state index is 0.0344. The summed E-state index contributed by atoms with van der Waals surface area (Å²) in [7, 11) is 0. The molecule has 0 aliphatic carbocycles. The van der Waals surface area contributed by atoms with Gasteiger partial charge in [-0.2, -0.15) is 0 Å². The van der Waals surface area contributed by atoms with Gasteiger partial charge in [-0.1, -0.05) is 18.2 Å². The number of aromatic nitrogens is 1. The summed E-state index contributed by atoms with van der Waals surface area (Å²) in [5.41, 5.74) is 4.74. The molecule has 1 aliphatic rings. The standard InChI is InChI=1S/C20H25N3O2/c1-15-6-7-19(16(2)22-15)17-4-3-5-18(14-17)20(24)21-8-9-23-10-12-25-13-11-23/h3-7,14H,8-13H2,1-2H3,(H,21,24). The molecule has 5 heteroatoms. The van der Waals surface area contributed by atoms with Crippen molar-refractivity contribution in [2.24, 2.45) is 0 Å². The average Bonchev–Trinajstić information content (AvgIpc) is 2.62. The molecule has 0 atom stereocenters.